The zero-order valence-electron chi connectivity index (χ0n) is 15.3. The van der Waals surface area contributed by atoms with Gasteiger partial charge in [-0.25, -0.2) is 4.79 Å². The van der Waals surface area contributed by atoms with E-state index in [0.717, 1.165) is 49.7 Å². The van der Waals surface area contributed by atoms with Crippen molar-refractivity contribution >= 4 is 5.97 Å². The number of nitrogens with zero attached hydrogens (tertiary/aromatic N) is 1. The molecule has 1 aromatic carbocycles. The molecule has 140 valence electrons. The smallest absolute Gasteiger partial charge is 0.343 e. The van der Waals surface area contributed by atoms with Crippen molar-refractivity contribution in [3.63, 3.8) is 0 Å². The van der Waals surface area contributed by atoms with Crippen LogP contribution >= 0.6 is 0 Å². The Balaban J connectivity index is 0.00000225. The minimum absolute atomic E-state index is 0. The number of carbonyl (C=O) groups is 1. The highest BCUT2D eigenvalue weighted by Crippen LogP contribution is 2.40. The Bertz CT molecular complexity index is 572. The topological polar surface area (TPSA) is 46.5 Å². The molecule has 3 rings (SSSR count). The van der Waals surface area contributed by atoms with E-state index < -0.39 is 11.6 Å². The molecule has 1 aromatic rings. The molecule has 1 N–H and O–H groups in total. The molecule has 0 unspecified atom stereocenters. The van der Waals surface area contributed by atoms with Crippen LogP contribution in [0.4, 0.5) is 0 Å². The lowest BCUT2D eigenvalue weighted by molar-refractivity contribution is -0.879. The predicted molar refractivity (Wildman–Crippen MR) is 93.3 cm³/mol. The molecular weight excluding hydrogens is 382 g/mol. The van der Waals surface area contributed by atoms with Gasteiger partial charge in [-0.1, -0.05) is 49.6 Å². The molecule has 1 saturated heterocycles. The van der Waals surface area contributed by atoms with Crippen LogP contribution in [-0.2, 0) is 15.1 Å². The Morgan fingerprint density at radius 3 is 2.32 bits per heavy atom. The van der Waals surface area contributed by atoms with Crippen molar-refractivity contribution in [1.82, 2.24) is 0 Å². The van der Waals surface area contributed by atoms with Crippen molar-refractivity contribution in [3.8, 4) is 0 Å². The number of carbonyl (C=O) groups excluding carboxylic acids is 1. The van der Waals surface area contributed by atoms with Crippen molar-refractivity contribution in [3.05, 3.63) is 35.9 Å². The largest absolute Gasteiger partial charge is 1.00 e. The Hall–Kier alpha value is -0.910. The second kappa shape index (κ2) is 8.19. The summed E-state index contributed by atoms with van der Waals surface area (Å²) in [6.45, 7) is 1.83. The molecule has 1 saturated carbocycles. The van der Waals surface area contributed by atoms with Gasteiger partial charge < -0.3 is 31.3 Å². The van der Waals surface area contributed by atoms with Crippen LogP contribution in [0, 0.1) is 5.92 Å². The quantitative estimate of drug-likeness (QED) is 0.553. The minimum Gasteiger partial charge on any atom is -1.00 e. The molecule has 1 heterocycles. The molecule has 2 atom stereocenters. The molecule has 25 heavy (non-hydrogen) atoms. The van der Waals surface area contributed by atoms with Gasteiger partial charge in [-0.2, -0.15) is 0 Å². The molecule has 0 radical (unpaired) electrons. The Morgan fingerprint density at radius 2 is 1.76 bits per heavy atom. The van der Waals surface area contributed by atoms with E-state index in [9.17, 15) is 9.90 Å². The highest BCUT2D eigenvalue weighted by atomic mass is 79.9. The third kappa shape index (κ3) is 4.44. The molecule has 0 spiro atoms. The van der Waals surface area contributed by atoms with E-state index in [0.29, 0.717) is 5.56 Å². The average molecular weight is 412 g/mol. The van der Waals surface area contributed by atoms with Gasteiger partial charge in [-0.15, -0.1) is 0 Å². The lowest BCUT2D eigenvalue weighted by Gasteiger charge is -2.37. The molecule has 2 aliphatic rings. The SMILES string of the molecule is C[N+]1(C)CC[C@@H](OC(=O)[C@@](O)(c2ccccc2)C2CCCCC2)C1.[Br-]. The summed E-state index contributed by atoms with van der Waals surface area (Å²) in [5.41, 5.74) is -0.838. The number of likely N-dealkylation sites (N-methyl/N-ethyl adjacent to an activating group) is 1. The molecule has 1 aliphatic heterocycles. The second-order valence-corrected chi connectivity index (χ2v) is 8.13. The second-order valence-electron chi connectivity index (χ2n) is 8.13. The first kappa shape index (κ1) is 20.4. The van der Waals surface area contributed by atoms with Crippen molar-refractivity contribution in [2.75, 3.05) is 27.2 Å². The molecule has 4 nitrogen and oxygen atoms in total. The van der Waals surface area contributed by atoms with E-state index in [1.54, 1.807) is 0 Å². The van der Waals surface area contributed by atoms with Gasteiger partial charge in [0, 0.05) is 12.3 Å². The minimum atomic E-state index is -1.51. The number of likely N-dealkylation sites (tertiary alicyclic amines) is 1. The van der Waals surface area contributed by atoms with Crippen LogP contribution in [-0.4, -0.2) is 48.8 Å². The fourth-order valence-electron chi connectivity index (χ4n) is 4.30. The van der Waals surface area contributed by atoms with Gasteiger partial charge in [-0.3, -0.25) is 0 Å². The number of ether oxygens (including phenoxy) is 1. The van der Waals surface area contributed by atoms with Crippen LogP contribution in [0.2, 0.25) is 0 Å². The van der Waals surface area contributed by atoms with Gasteiger partial charge in [0.15, 0.2) is 11.7 Å². The maximum absolute atomic E-state index is 13.1. The molecular formula is C20H30BrNO3. The first-order valence-electron chi connectivity index (χ1n) is 9.23. The highest BCUT2D eigenvalue weighted by Gasteiger charge is 2.48. The summed E-state index contributed by atoms with van der Waals surface area (Å²) in [6.07, 6.45) is 5.87. The van der Waals surface area contributed by atoms with Crippen molar-refractivity contribution in [2.24, 2.45) is 5.92 Å². The van der Waals surface area contributed by atoms with E-state index in [1.807, 2.05) is 30.3 Å². The number of quaternary nitrogens is 1. The summed E-state index contributed by atoms with van der Waals surface area (Å²) >= 11 is 0. The maximum atomic E-state index is 13.1. The van der Waals surface area contributed by atoms with Crippen LogP contribution in [0.5, 0.6) is 0 Å². The van der Waals surface area contributed by atoms with Crippen LogP contribution in [0.3, 0.4) is 0 Å². The number of rotatable bonds is 4. The number of hydrogen-bond acceptors (Lipinski definition) is 3. The summed E-state index contributed by atoms with van der Waals surface area (Å²) in [5.74, 6) is -0.502. The molecule has 5 heteroatoms. The Morgan fingerprint density at radius 1 is 1.12 bits per heavy atom. The van der Waals surface area contributed by atoms with Crippen LogP contribution in [0.15, 0.2) is 30.3 Å². The summed E-state index contributed by atoms with van der Waals surface area (Å²) in [6, 6.07) is 9.38. The van der Waals surface area contributed by atoms with Gasteiger partial charge in [0.25, 0.3) is 0 Å². The molecule has 1 aliphatic carbocycles. The first-order valence-corrected chi connectivity index (χ1v) is 9.23. The summed E-state index contributed by atoms with van der Waals surface area (Å²) in [4.78, 5) is 13.1. The third-order valence-electron chi connectivity index (χ3n) is 5.75. The van der Waals surface area contributed by atoms with Gasteiger partial charge in [-0.05, 0) is 18.4 Å². The average Bonchev–Trinajstić information content (AvgIpc) is 2.94. The third-order valence-corrected chi connectivity index (χ3v) is 5.75. The standard InChI is InChI=1S/C20H30NO3.BrH/c1-21(2)14-13-18(15-21)24-19(22)20(23,16-9-5-3-6-10-16)17-11-7-4-8-12-17;/h3,5-6,9-10,17-18,23H,4,7-8,11-15H2,1-2H3;1H/q+1;/p-1/t18-,20-;/m1./s1. The lowest BCUT2D eigenvalue weighted by Crippen LogP contribution is -3.00. The van der Waals surface area contributed by atoms with Crippen molar-refractivity contribution < 1.29 is 36.1 Å². The number of hydrogen-bond donors (Lipinski definition) is 1. The van der Waals surface area contributed by atoms with Gasteiger partial charge in [0.2, 0.25) is 0 Å². The molecule has 0 aromatic heterocycles. The fourth-order valence-corrected chi connectivity index (χ4v) is 4.30. The Kier molecular flexibility index (Phi) is 6.68. The van der Waals surface area contributed by atoms with Crippen LogP contribution < -0.4 is 17.0 Å². The van der Waals surface area contributed by atoms with Crippen LogP contribution in [0.25, 0.3) is 0 Å². The predicted octanol–water partition coefficient (Wildman–Crippen LogP) is -0.150. The zero-order valence-corrected chi connectivity index (χ0v) is 16.9. The molecule has 2 fully saturated rings. The zero-order chi connectivity index (χ0) is 17.2. The highest BCUT2D eigenvalue weighted by molar-refractivity contribution is 5.81. The number of esters is 1. The van der Waals surface area contributed by atoms with E-state index in [4.69, 9.17) is 4.74 Å². The lowest BCUT2D eigenvalue weighted by atomic mass is 9.73. The number of benzene rings is 1. The van der Waals surface area contributed by atoms with Crippen LogP contribution in [0.1, 0.15) is 44.1 Å². The first-order chi connectivity index (χ1) is 11.4. The summed E-state index contributed by atoms with van der Waals surface area (Å²) < 4.78 is 6.68. The number of aliphatic hydroxyl groups is 1. The van der Waals surface area contributed by atoms with E-state index in [2.05, 4.69) is 14.1 Å². The summed E-state index contributed by atoms with van der Waals surface area (Å²) in [7, 11) is 4.30. The number of halogens is 1. The van der Waals surface area contributed by atoms with E-state index in [-0.39, 0.29) is 29.0 Å². The maximum Gasteiger partial charge on any atom is 0.343 e. The van der Waals surface area contributed by atoms with E-state index in [1.165, 1.54) is 6.42 Å². The van der Waals surface area contributed by atoms with E-state index >= 15 is 0 Å². The monoisotopic (exact) mass is 411 g/mol. The van der Waals surface area contributed by atoms with Gasteiger partial charge in [0.05, 0.1) is 20.6 Å². The molecule has 0 amide bonds. The van der Waals surface area contributed by atoms with Crippen molar-refractivity contribution in [2.45, 2.75) is 50.2 Å². The van der Waals surface area contributed by atoms with Gasteiger partial charge >= 0.3 is 5.97 Å². The van der Waals surface area contributed by atoms with Crippen molar-refractivity contribution in [1.29, 1.82) is 0 Å². The fraction of sp³-hybridized carbons (Fsp3) is 0.650. The normalized spacial score (nSPS) is 25.6. The van der Waals surface area contributed by atoms with Gasteiger partial charge in [0.1, 0.15) is 6.54 Å². The molecule has 0 bridgehead atoms. The Labute approximate surface area is 161 Å². The summed E-state index contributed by atoms with van der Waals surface area (Å²) in [5, 5.41) is 11.5.